The van der Waals surface area contributed by atoms with Crippen LogP contribution in [-0.4, -0.2) is 61.8 Å². The molecule has 4 N–H and O–H groups in total. The van der Waals surface area contributed by atoms with Crippen LogP contribution in [-0.2, 0) is 4.74 Å². The zero-order chi connectivity index (χ0) is 24.7. The summed E-state index contributed by atoms with van der Waals surface area (Å²) in [4.78, 5) is 12.9. The first-order valence-electron chi connectivity index (χ1n) is 10.7. The molecule has 1 aliphatic heterocycles. The van der Waals surface area contributed by atoms with Crippen molar-refractivity contribution in [2.45, 2.75) is 44.5 Å². The molecular formula is C25H24N2O6S. The second kappa shape index (κ2) is 9.35. The number of carbonyl (C=O) groups excluding carboxylic acids is 1. The van der Waals surface area contributed by atoms with Crippen LogP contribution in [0.5, 0.6) is 0 Å². The summed E-state index contributed by atoms with van der Waals surface area (Å²) in [6, 6.07) is 15.3. The first-order chi connectivity index (χ1) is 16.2. The number of ether oxygens (including phenoxy) is 1. The van der Waals surface area contributed by atoms with Gasteiger partial charge in [0.05, 0.1) is 12.2 Å². The van der Waals surface area contributed by atoms with Crippen molar-refractivity contribution in [2.24, 2.45) is 0 Å². The van der Waals surface area contributed by atoms with Crippen LogP contribution in [0.4, 0.5) is 0 Å². The number of pyridine rings is 1. The molecule has 9 heteroatoms. The molecule has 0 spiro atoms. The zero-order valence-electron chi connectivity index (χ0n) is 18.5. The summed E-state index contributed by atoms with van der Waals surface area (Å²) in [6.45, 7) is 2.37. The first kappa shape index (κ1) is 24.2. The number of benzene rings is 2. The van der Waals surface area contributed by atoms with Crippen molar-refractivity contribution < 1.29 is 30.0 Å². The standard InChI is InChI=1S/C25H24N2O6S/c1-12-19(13(2)29)20(16-9-5-7-14-6-3-4-8-15(14)16)17(10-26)25(34)27(12)24-23(32)22(31)21(30)18(11-28)33-24/h3-9,18,21-24,28,30-32H,11H2,1-2H3. The van der Waals surface area contributed by atoms with Gasteiger partial charge in [-0.3, -0.25) is 4.79 Å². The number of aliphatic hydroxyl groups excluding tert-OH is 4. The summed E-state index contributed by atoms with van der Waals surface area (Å²) in [5, 5.41) is 52.6. The fraction of sp³-hybridized carbons (Fsp3) is 0.320. The Kier molecular flexibility index (Phi) is 6.64. The molecule has 0 amide bonds. The third-order valence-corrected chi connectivity index (χ3v) is 6.70. The van der Waals surface area contributed by atoms with Crippen molar-refractivity contribution in [3.63, 3.8) is 0 Å². The van der Waals surface area contributed by atoms with Crippen LogP contribution >= 0.6 is 12.2 Å². The maximum absolute atomic E-state index is 12.9. The van der Waals surface area contributed by atoms with E-state index in [4.69, 9.17) is 17.0 Å². The second-order valence-electron chi connectivity index (χ2n) is 8.30. The van der Waals surface area contributed by atoms with Gasteiger partial charge in [0.25, 0.3) is 0 Å². The van der Waals surface area contributed by atoms with E-state index in [1.807, 2.05) is 42.5 Å². The number of nitrogens with zero attached hydrogens (tertiary/aromatic N) is 2. The van der Waals surface area contributed by atoms with Gasteiger partial charge < -0.3 is 29.7 Å². The van der Waals surface area contributed by atoms with Crippen LogP contribution < -0.4 is 0 Å². The number of carbonyl (C=O) groups is 1. The molecule has 1 saturated heterocycles. The molecule has 8 nitrogen and oxygen atoms in total. The molecule has 2 heterocycles. The smallest absolute Gasteiger partial charge is 0.164 e. The van der Waals surface area contributed by atoms with Crippen molar-refractivity contribution in [2.75, 3.05) is 6.61 Å². The average molecular weight is 481 g/mol. The summed E-state index contributed by atoms with van der Waals surface area (Å²) >= 11 is 5.64. The molecule has 176 valence electrons. The highest BCUT2D eigenvalue weighted by Crippen LogP contribution is 2.39. The van der Waals surface area contributed by atoms with E-state index in [1.165, 1.54) is 11.5 Å². The molecule has 0 saturated carbocycles. The van der Waals surface area contributed by atoms with E-state index < -0.39 is 37.3 Å². The quantitative estimate of drug-likeness (QED) is 0.330. The summed E-state index contributed by atoms with van der Waals surface area (Å²) in [5.74, 6) is -0.328. The van der Waals surface area contributed by atoms with Crippen molar-refractivity contribution in [1.29, 1.82) is 5.26 Å². The molecule has 0 aliphatic carbocycles. The van der Waals surface area contributed by atoms with Gasteiger partial charge in [-0.05, 0) is 30.2 Å². The van der Waals surface area contributed by atoms with Crippen molar-refractivity contribution in [1.82, 2.24) is 4.57 Å². The molecule has 1 fully saturated rings. The molecule has 5 unspecified atom stereocenters. The number of aromatic nitrogens is 1. The number of nitriles is 1. The molecule has 1 aliphatic rings. The van der Waals surface area contributed by atoms with Crippen molar-refractivity contribution >= 4 is 28.8 Å². The Hall–Kier alpha value is -2.97. The van der Waals surface area contributed by atoms with Crippen LogP contribution in [0.15, 0.2) is 42.5 Å². The van der Waals surface area contributed by atoms with Crippen LogP contribution in [0.1, 0.15) is 34.8 Å². The Morgan fingerprint density at radius 2 is 1.79 bits per heavy atom. The number of rotatable bonds is 4. The predicted molar refractivity (Wildman–Crippen MR) is 127 cm³/mol. The molecule has 3 aromatic rings. The third kappa shape index (κ3) is 3.75. The van der Waals surface area contributed by atoms with Gasteiger partial charge >= 0.3 is 0 Å². The molecule has 5 atom stereocenters. The fourth-order valence-electron chi connectivity index (χ4n) is 4.66. The molecule has 0 bridgehead atoms. The minimum absolute atomic E-state index is 0.00253. The second-order valence-corrected chi connectivity index (χ2v) is 8.69. The van der Waals surface area contributed by atoms with Crippen LogP contribution in [0.25, 0.3) is 21.9 Å². The number of hydrogen-bond acceptors (Lipinski definition) is 8. The molecule has 4 rings (SSSR count). The van der Waals surface area contributed by atoms with Crippen molar-refractivity contribution in [3.8, 4) is 17.2 Å². The Balaban J connectivity index is 2.06. The normalized spacial score (nSPS) is 24.7. The summed E-state index contributed by atoms with van der Waals surface area (Å²) in [6.07, 6.45) is -7.33. The van der Waals surface area contributed by atoms with Crippen LogP contribution in [0.2, 0.25) is 0 Å². The van der Waals surface area contributed by atoms with Gasteiger partial charge in [0.1, 0.15) is 35.1 Å². The molecule has 2 aromatic carbocycles. The lowest BCUT2D eigenvalue weighted by Gasteiger charge is -2.41. The molecule has 1 aromatic heterocycles. The fourth-order valence-corrected chi connectivity index (χ4v) is 5.04. The SMILES string of the molecule is CC(=O)c1c(-c2cccc3ccccc23)c(C#N)c(=S)n(C2OC(CO)C(O)C(O)C2O)c1C. The van der Waals surface area contributed by atoms with E-state index in [1.54, 1.807) is 6.92 Å². The monoisotopic (exact) mass is 480 g/mol. The van der Waals surface area contributed by atoms with E-state index in [9.17, 15) is 30.5 Å². The summed E-state index contributed by atoms with van der Waals surface area (Å²) in [5.41, 5.74) is 1.63. The summed E-state index contributed by atoms with van der Waals surface area (Å²) < 4.78 is 7.00. The molecule has 34 heavy (non-hydrogen) atoms. The minimum Gasteiger partial charge on any atom is -0.394 e. The van der Waals surface area contributed by atoms with Gasteiger partial charge in [0.15, 0.2) is 12.0 Å². The van der Waals surface area contributed by atoms with Gasteiger partial charge in [0, 0.05) is 16.8 Å². The lowest BCUT2D eigenvalue weighted by Crippen LogP contribution is -2.56. The van der Waals surface area contributed by atoms with Gasteiger partial charge in [0.2, 0.25) is 0 Å². The zero-order valence-corrected chi connectivity index (χ0v) is 19.4. The maximum Gasteiger partial charge on any atom is 0.164 e. The van der Waals surface area contributed by atoms with E-state index >= 15 is 0 Å². The predicted octanol–water partition coefficient (Wildman–Crippen LogP) is 2.39. The number of hydrogen-bond donors (Lipinski definition) is 4. The van der Waals surface area contributed by atoms with Crippen molar-refractivity contribution in [3.05, 3.63) is 63.9 Å². The lowest BCUT2D eigenvalue weighted by molar-refractivity contribution is -0.252. The van der Waals surface area contributed by atoms with E-state index in [2.05, 4.69) is 6.07 Å². The highest BCUT2D eigenvalue weighted by atomic mass is 32.1. The minimum atomic E-state index is -1.64. The number of aliphatic hydroxyl groups is 4. The number of fused-ring (bicyclic) bond motifs is 1. The number of Topliss-reactive ketones (excluding diaryl/α,β-unsaturated/α-hetero) is 1. The van der Waals surface area contributed by atoms with Crippen LogP contribution in [0.3, 0.4) is 0 Å². The van der Waals surface area contributed by atoms with Gasteiger partial charge in [-0.2, -0.15) is 5.26 Å². The lowest BCUT2D eigenvalue weighted by atomic mass is 9.89. The van der Waals surface area contributed by atoms with Gasteiger partial charge in [-0.15, -0.1) is 0 Å². The van der Waals surface area contributed by atoms with Gasteiger partial charge in [-0.1, -0.05) is 54.7 Å². The maximum atomic E-state index is 12.9. The summed E-state index contributed by atoms with van der Waals surface area (Å²) in [7, 11) is 0. The highest BCUT2D eigenvalue weighted by molar-refractivity contribution is 7.71. The Labute approximate surface area is 200 Å². The third-order valence-electron chi connectivity index (χ3n) is 6.30. The van der Waals surface area contributed by atoms with Crippen LogP contribution in [0, 0.1) is 22.9 Å². The van der Waals surface area contributed by atoms with E-state index in [0.29, 0.717) is 16.8 Å². The van der Waals surface area contributed by atoms with Gasteiger partial charge in [-0.25, -0.2) is 0 Å². The Morgan fingerprint density at radius 1 is 1.12 bits per heavy atom. The average Bonchev–Trinajstić information content (AvgIpc) is 2.83. The molecule has 0 radical (unpaired) electrons. The first-order valence-corrected chi connectivity index (χ1v) is 11.1. The Bertz CT molecular complexity index is 1370. The number of ketones is 1. The van der Waals surface area contributed by atoms with E-state index in [0.717, 1.165) is 10.8 Å². The van der Waals surface area contributed by atoms with E-state index in [-0.39, 0.29) is 21.6 Å². The topological polar surface area (TPSA) is 136 Å². The molecular weight excluding hydrogens is 456 g/mol. The largest absolute Gasteiger partial charge is 0.394 e. The highest BCUT2D eigenvalue weighted by Gasteiger charge is 2.45. The Morgan fingerprint density at radius 3 is 2.44 bits per heavy atom.